The summed E-state index contributed by atoms with van der Waals surface area (Å²) in [5.41, 5.74) is 10.1. The van der Waals surface area contributed by atoms with E-state index in [4.69, 9.17) is 10.5 Å². The van der Waals surface area contributed by atoms with Gasteiger partial charge in [0.25, 0.3) is 30.1 Å². The second-order valence-electron chi connectivity index (χ2n) is 14.6. The second-order valence-corrected chi connectivity index (χ2v) is 19.9. The fourth-order valence-electron chi connectivity index (χ4n) is 6.99. The Kier molecular flexibility index (Phi) is 18.2. The number of ether oxygens (including phenoxy) is 1. The van der Waals surface area contributed by atoms with Crippen molar-refractivity contribution in [3.05, 3.63) is 121 Å². The van der Waals surface area contributed by atoms with Gasteiger partial charge in [-0.3, -0.25) is 13.7 Å². The number of methoxy groups -OCH3 is 1. The molecule has 0 atom stereocenters. The standard InChI is InChI=1S/C25H30N4O4S2.C18H24N4O3S.2ClH/c1-20-9-12-22(13-10-20)34(30,31)27-24-19-21(29-17-6-15-26-16-18-29)11-14-25(24)28(2)35(32,33)23-7-4-3-5-8-23;1-25-18-6-3-2-5-16(18)21-26(23,24)14-7-8-17(15(19)13-14)22-11-4-9-20-10-12-22;;/h3-5,7-14,19,26-27H,6,15-18H2,1-2H3;2-3,5-8,13,20-21H,4,9-12,19H2,1H3;2*1H. The minimum Gasteiger partial charge on any atom is -0.495 e. The highest BCUT2D eigenvalue weighted by molar-refractivity contribution is 7.93. The number of rotatable bonds is 12. The van der Waals surface area contributed by atoms with Gasteiger partial charge in [0.15, 0.2) is 0 Å². The molecule has 20 heteroatoms. The lowest BCUT2D eigenvalue weighted by molar-refractivity contribution is 0.417. The minimum atomic E-state index is -3.95. The van der Waals surface area contributed by atoms with Crippen molar-refractivity contribution in [3.63, 3.8) is 0 Å². The van der Waals surface area contributed by atoms with Crippen molar-refractivity contribution in [2.24, 2.45) is 0 Å². The van der Waals surface area contributed by atoms with E-state index in [0.717, 1.165) is 86.4 Å². The van der Waals surface area contributed by atoms with Gasteiger partial charge < -0.3 is 30.9 Å². The minimum absolute atomic E-state index is 0. The van der Waals surface area contributed by atoms with Crippen molar-refractivity contribution in [1.29, 1.82) is 0 Å². The van der Waals surface area contributed by atoms with E-state index >= 15 is 0 Å². The van der Waals surface area contributed by atoms with Crippen LogP contribution in [-0.4, -0.2) is 91.8 Å². The zero-order valence-electron chi connectivity index (χ0n) is 35.4. The normalized spacial score (nSPS) is 14.6. The van der Waals surface area contributed by atoms with Gasteiger partial charge in [-0.1, -0.05) is 48.0 Å². The van der Waals surface area contributed by atoms with Crippen LogP contribution < -0.4 is 44.7 Å². The van der Waals surface area contributed by atoms with Crippen molar-refractivity contribution in [2.45, 2.75) is 34.5 Å². The first-order chi connectivity index (χ1) is 29.2. The zero-order chi connectivity index (χ0) is 43.6. The molecule has 63 heavy (non-hydrogen) atoms. The Morgan fingerprint density at radius 3 is 1.84 bits per heavy atom. The van der Waals surface area contributed by atoms with Gasteiger partial charge in [-0.2, -0.15) is 0 Å². The van der Waals surface area contributed by atoms with Gasteiger partial charge in [-0.25, -0.2) is 25.3 Å². The van der Waals surface area contributed by atoms with E-state index < -0.39 is 30.1 Å². The molecule has 0 amide bonds. The predicted molar refractivity (Wildman–Crippen MR) is 259 cm³/mol. The van der Waals surface area contributed by atoms with E-state index in [0.29, 0.717) is 17.1 Å². The maximum Gasteiger partial charge on any atom is 0.264 e. The van der Waals surface area contributed by atoms with Crippen LogP contribution in [0.1, 0.15) is 18.4 Å². The highest BCUT2D eigenvalue weighted by Crippen LogP contribution is 2.35. The zero-order valence-corrected chi connectivity index (χ0v) is 39.4. The smallest absolute Gasteiger partial charge is 0.264 e. The van der Waals surface area contributed by atoms with E-state index in [1.807, 2.05) is 13.0 Å². The Morgan fingerprint density at radius 2 is 1.19 bits per heavy atom. The fourth-order valence-corrected chi connectivity index (χ4v) is 10.4. The quantitative estimate of drug-likeness (QED) is 0.0898. The summed E-state index contributed by atoms with van der Waals surface area (Å²) >= 11 is 0. The molecule has 5 aromatic carbocycles. The van der Waals surface area contributed by atoms with Crippen LogP contribution in [0.4, 0.5) is 34.1 Å². The number of hydrogen-bond acceptors (Lipinski definition) is 12. The van der Waals surface area contributed by atoms with Gasteiger partial charge in [0.2, 0.25) is 0 Å². The molecule has 0 radical (unpaired) electrons. The number of aryl methyl sites for hydroxylation is 1. The third kappa shape index (κ3) is 12.8. The van der Waals surface area contributed by atoms with Gasteiger partial charge in [-0.15, -0.1) is 24.8 Å². The Labute approximate surface area is 384 Å². The number of anilines is 6. The summed E-state index contributed by atoms with van der Waals surface area (Å²) in [6, 6.07) is 31.5. The number of halogens is 2. The van der Waals surface area contributed by atoms with E-state index in [2.05, 4.69) is 29.9 Å². The SMILES string of the molecule is COc1ccccc1NS(=O)(=O)c1ccc(N2CCCNCC2)c(N)c1.Cc1ccc(S(=O)(=O)Nc2cc(N3CCCNCC3)ccc2N(C)S(=O)(=O)c2ccccc2)cc1.Cl.Cl. The van der Waals surface area contributed by atoms with Gasteiger partial charge in [0, 0.05) is 52.0 Å². The Morgan fingerprint density at radius 1 is 0.619 bits per heavy atom. The van der Waals surface area contributed by atoms with Gasteiger partial charge in [-0.05, 0) is 106 Å². The van der Waals surface area contributed by atoms with E-state index in [-0.39, 0.29) is 50.9 Å². The van der Waals surface area contributed by atoms with Gasteiger partial charge in [0.05, 0.1) is 50.2 Å². The number of nitrogens with one attached hydrogen (secondary N) is 4. The van der Waals surface area contributed by atoms with Crippen molar-refractivity contribution in [2.75, 3.05) is 95.8 Å². The Balaban J connectivity index is 0.000000279. The number of nitrogens with zero attached hydrogens (tertiary/aromatic N) is 3. The van der Waals surface area contributed by atoms with Crippen molar-refractivity contribution in [1.82, 2.24) is 10.6 Å². The molecule has 342 valence electrons. The molecule has 15 nitrogen and oxygen atoms in total. The maximum absolute atomic E-state index is 13.3. The van der Waals surface area contributed by atoms with Gasteiger partial charge in [0.1, 0.15) is 5.75 Å². The van der Waals surface area contributed by atoms with Crippen LogP contribution in [0, 0.1) is 6.92 Å². The maximum atomic E-state index is 13.3. The average molecular weight is 964 g/mol. The molecule has 0 aromatic heterocycles. The molecule has 2 aliphatic heterocycles. The Bertz CT molecular complexity index is 2600. The van der Waals surface area contributed by atoms with Crippen LogP contribution in [0.15, 0.2) is 130 Å². The molecule has 5 aromatic rings. The molecule has 0 unspecified atom stereocenters. The molecule has 0 saturated carbocycles. The van der Waals surface area contributed by atoms with Crippen LogP contribution in [0.3, 0.4) is 0 Å². The average Bonchev–Trinajstić information content (AvgIpc) is 3.71. The first-order valence-electron chi connectivity index (χ1n) is 19.9. The topological polar surface area (TPSA) is 196 Å². The van der Waals surface area contributed by atoms with Crippen molar-refractivity contribution < 1.29 is 30.0 Å². The third-order valence-corrected chi connectivity index (χ3v) is 14.9. The van der Waals surface area contributed by atoms with Crippen molar-refractivity contribution >= 4 is 89.0 Å². The molecule has 0 aliphatic carbocycles. The predicted octanol–water partition coefficient (Wildman–Crippen LogP) is 6.14. The lowest BCUT2D eigenvalue weighted by atomic mass is 10.2. The van der Waals surface area contributed by atoms with E-state index in [1.165, 1.54) is 44.5 Å². The summed E-state index contributed by atoms with van der Waals surface area (Å²) in [7, 11) is -8.70. The highest BCUT2D eigenvalue weighted by atomic mass is 35.5. The molecule has 6 N–H and O–H groups in total. The summed E-state index contributed by atoms with van der Waals surface area (Å²) in [5.74, 6) is 0.456. The number of sulfonamides is 3. The fraction of sp³-hybridized carbons (Fsp3) is 0.302. The molecular formula is C43H56Cl2N8O7S3. The first kappa shape index (κ1) is 50.7. The van der Waals surface area contributed by atoms with Crippen LogP contribution in [0.25, 0.3) is 0 Å². The second kappa shape index (κ2) is 22.6. The number of nitrogens with two attached hydrogens (primary N) is 1. The molecule has 2 aliphatic rings. The molecule has 2 heterocycles. The third-order valence-electron chi connectivity index (χ3n) is 10.3. The van der Waals surface area contributed by atoms with Crippen LogP contribution in [0.2, 0.25) is 0 Å². The summed E-state index contributed by atoms with van der Waals surface area (Å²) in [6.07, 6.45) is 1.98. The summed E-state index contributed by atoms with van der Waals surface area (Å²) in [6.45, 7) is 8.79. The van der Waals surface area contributed by atoms with E-state index in [1.54, 1.807) is 78.9 Å². The van der Waals surface area contributed by atoms with Crippen LogP contribution in [0.5, 0.6) is 5.75 Å². The molecule has 2 fully saturated rings. The summed E-state index contributed by atoms with van der Waals surface area (Å²) < 4.78 is 90.1. The number of hydrogen-bond donors (Lipinski definition) is 5. The number of benzene rings is 5. The number of nitrogen functional groups attached to an aromatic ring is 1. The highest BCUT2D eigenvalue weighted by Gasteiger charge is 2.27. The molecule has 0 spiro atoms. The van der Waals surface area contributed by atoms with Gasteiger partial charge >= 0.3 is 0 Å². The monoisotopic (exact) mass is 962 g/mol. The lowest BCUT2D eigenvalue weighted by Crippen LogP contribution is -2.29. The number of para-hydroxylation sites is 2. The van der Waals surface area contributed by atoms with E-state index in [9.17, 15) is 25.3 Å². The summed E-state index contributed by atoms with van der Waals surface area (Å²) in [5, 5.41) is 6.69. The lowest BCUT2D eigenvalue weighted by Gasteiger charge is -2.27. The molecule has 2 saturated heterocycles. The summed E-state index contributed by atoms with van der Waals surface area (Å²) in [4.78, 5) is 4.69. The molecular weight excluding hydrogens is 908 g/mol. The van der Waals surface area contributed by atoms with Crippen LogP contribution >= 0.6 is 24.8 Å². The Hall–Kier alpha value is -4.95. The largest absolute Gasteiger partial charge is 0.495 e. The van der Waals surface area contributed by atoms with Crippen molar-refractivity contribution in [3.8, 4) is 5.75 Å². The van der Waals surface area contributed by atoms with Crippen LogP contribution in [-0.2, 0) is 30.1 Å². The molecule has 0 bridgehead atoms. The molecule has 7 rings (SSSR count). The first-order valence-corrected chi connectivity index (χ1v) is 24.3.